The minimum atomic E-state index is 0.805. The molecule has 4 aromatic rings. The first kappa shape index (κ1) is 22.1. The highest BCUT2D eigenvalue weighted by molar-refractivity contribution is 8.70. The number of nitrogens with two attached hydrogens (primary N) is 1. The Morgan fingerprint density at radius 3 is 2.11 bits per heavy atom. The van der Waals surface area contributed by atoms with E-state index in [-0.39, 0.29) is 0 Å². The van der Waals surface area contributed by atoms with Crippen molar-refractivity contribution in [1.82, 2.24) is 0 Å². The number of nitrogen functional groups attached to an aromatic ring is 1. The van der Waals surface area contributed by atoms with Crippen molar-refractivity contribution in [3.63, 3.8) is 0 Å². The van der Waals surface area contributed by atoms with Crippen LogP contribution in [-0.2, 0) is 75.7 Å². The Morgan fingerprint density at radius 2 is 1.39 bits per heavy atom. The summed E-state index contributed by atoms with van der Waals surface area (Å²) >= 11 is 11.1. The van der Waals surface area contributed by atoms with E-state index in [2.05, 4.69) is 70.9 Å². The fourth-order valence-electron chi connectivity index (χ4n) is 2.77. The zero-order valence-corrected chi connectivity index (χ0v) is 21.5. The number of anilines is 1. The van der Waals surface area contributed by atoms with Crippen LogP contribution in [0.15, 0.2) is 66.7 Å². The van der Waals surface area contributed by atoms with Gasteiger partial charge >= 0.3 is 0 Å². The molecular formula is C18H13NS9. The highest BCUT2D eigenvalue weighted by Crippen LogP contribution is 2.39. The third-order valence-corrected chi connectivity index (χ3v) is 16.0. The molecule has 1 aromatic heterocycles. The average Bonchev–Trinajstić information content (AvgIpc) is 3.10. The van der Waals surface area contributed by atoms with E-state index in [0.717, 1.165) is 5.69 Å². The maximum Gasteiger partial charge on any atom is 0.0361 e. The lowest BCUT2D eigenvalue weighted by atomic mass is 9.99. The smallest absolute Gasteiger partial charge is 0.0361 e. The van der Waals surface area contributed by atoms with Gasteiger partial charge in [-0.15, -0.1) is 11.3 Å². The first-order valence-corrected chi connectivity index (χ1v) is 17.9. The van der Waals surface area contributed by atoms with Gasteiger partial charge in [0.2, 0.25) is 0 Å². The van der Waals surface area contributed by atoms with Gasteiger partial charge in [-0.1, -0.05) is 42.5 Å². The second kappa shape index (κ2) is 11.6. The average molecular weight is 532 g/mol. The molecule has 0 saturated carbocycles. The molecule has 0 bridgehead atoms. The van der Waals surface area contributed by atoms with Crippen molar-refractivity contribution in [3.05, 3.63) is 66.7 Å². The molecule has 0 spiro atoms. The van der Waals surface area contributed by atoms with Crippen LogP contribution in [0.5, 0.6) is 0 Å². The van der Waals surface area contributed by atoms with Crippen LogP contribution in [0.2, 0.25) is 0 Å². The molecule has 4 rings (SSSR count). The zero-order chi connectivity index (χ0) is 19.8. The van der Waals surface area contributed by atoms with Crippen LogP contribution in [0, 0.1) is 0 Å². The Hall–Kier alpha value is -0.560. The van der Waals surface area contributed by atoms with Crippen LogP contribution in [0.25, 0.3) is 31.3 Å². The second-order valence-electron chi connectivity index (χ2n) is 5.31. The van der Waals surface area contributed by atoms with E-state index in [1.165, 1.54) is 49.1 Å². The summed E-state index contributed by atoms with van der Waals surface area (Å²) in [5.41, 5.74) is 9.17. The largest absolute Gasteiger partial charge is 0.399 e. The molecule has 0 radical (unpaired) electrons. The molecule has 0 amide bonds. The Labute approximate surface area is 194 Å². The van der Waals surface area contributed by atoms with Crippen LogP contribution in [0.4, 0.5) is 5.69 Å². The quantitative estimate of drug-likeness (QED) is 0.338. The summed E-state index contributed by atoms with van der Waals surface area (Å²) in [6, 6.07) is 23.2. The van der Waals surface area contributed by atoms with Crippen LogP contribution >= 0.6 is 11.3 Å². The van der Waals surface area contributed by atoms with E-state index in [0.29, 0.717) is 0 Å². The van der Waals surface area contributed by atoms with E-state index in [9.17, 15) is 0 Å². The molecule has 0 aliphatic heterocycles. The number of hydrogen-bond donors (Lipinski definition) is 1. The molecule has 0 atom stereocenters. The fraction of sp³-hybridized carbons (Fsp3) is 0. The Kier molecular flexibility index (Phi) is 9.15. The summed E-state index contributed by atoms with van der Waals surface area (Å²) < 4.78 is 2.66. The topological polar surface area (TPSA) is 26.0 Å². The summed E-state index contributed by atoms with van der Waals surface area (Å²) in [6.07, 6.45) is 0. The standard InChI is InChI=1S/C18H13NS.S8/c19-13-6-3-5-12(11-13)14-8-4-10-17-18(14)15-7-1-2-9-16(15)20-17;1-3-5-7-8-6-4-2/h1-11H,19H2;. The third-order valence-electron chi connectivity index (χ3n) is 3.74. The van der Waals surface area contributed by atoms with Gasteiger partial charge in [0, 0.05) is 102 Å². The lowest BCUT2D eigenvalue weighted by Crippen LogP contribution is -1.85. The molecule has 0 aliphatic carbocycles. The van der Waals surface area contributed by atoms with Gasteiger partial charge in [0.05, 0.1) is 0 Å². The molecule has 0 saturated heterocycles. The Balaban J connectivity index is 0.000000242. The minimum Gasteiger partial charge on any atom is -0.399 e. The van der Waals surface area contributed by atoms with Crippen LogP contribution in [0.3, 0.4) is 0 Å². The van der Waals surface area contributed by atoms with Gasteiger partial charge in [-0.2, -0.15) is 0 Å². The van der Waals surface area contributed by atoms with Crippen molar-refractivity contribution in [3.8, 4) is 11.1 Å². The molecule has 1 heterocycles. The van der Waals surface area contributed by atoms with E-state index in [1.807, 2.05) is 29.5 Å². The molecule has 0 fully saturated rings. The Bertz CT molecular complexity index is 1360. The van der Waals surface area contributed by atoms with Crippen molar-refractivity contribution < 1.29 is 0 Å². The van der Waals surface area contributed by atoms with Gasteiger partial charge in [-0.05, 0) is 35.4 Å². The van der Waals surface area contributed by atoms with Gasteiger partial charge in [0.25, 0.3) is 0 Å². The third kappa shape index (κ3) is 5.74. The fourth-order valence-corrected chi connectivity index (χ4v) is 14.9. The van der Waals surface area contributed by atoms with Gasteiger partial charge in [0.1, 0.15) is 0 Å². The highest BCUT2D eigenvalue weighted by Gasteiger charge is 2.10. The summed E-state index contributed by atoms with van der Waals surface area (Å²) in [5.74, 6) is 0. The second-order valence-corrected chi connectivity index (χ2v) is 17.0. The molecular weight excluding hydrogens is 519 g/mol. The van der Waals surface area contributed by atoms with Gasteiger partial charge in [-0.3, -0.25) is 0 Å². The SMILES string of the molecule is Nc1cccc(-c2cccc3sc4ccccc4c23)c1.S=S=S=S=S=S=S=S. The van der Waals surface area contributed by atoms with Crippen molar-refractivity contribution in [2.24, 2.45) is 0 Å². The van der Waals surface area contributed by atoms with Crippen molar-refractivity contribution in [2.75, 3.05) is 5.73 Å². The lowest BCUT2D eigenvalue weighted by Gasteiger charge is -2.05. The predicted molar refractivity (Wildman–Crippen MR) is 148 cm³/mol. The van der Waals surface area contributed by atoms with Gasteiger partial charge in [-0.25, -0.2) is 0 Å². The summed E-state index contributed by atoms with van der Waals surface area (Å²) in [4.78, 5) is 0. The number of benzene rings is 3. The molecule has 0 unspecified atom stereocenters. The molecule has 1 nitrogen and oxygen atoms in total. The summed E-state index contributed by atoms with van der Waals surface area (Å²) in [6.45, 7) is 0. The number of fused-ring (bicyclic) bond motifs is 3. The van der Waals surface area contributed by atoms with E-state index in [4.69, 9.17) is 5.73 Å². The predicted octanol–water partition coefficient (Wildman–Crippen LogP) is 5.28. The molecule has 0 aliphatic rings. The summed E-state index contributed by atoms with van der Waals surface area (Å²) in [5, 5.41) is 2.66. The van der Waals surface area contributed by atoms with Crippen LogP contribution in [0.1, 0.15) is 0 Å². The van der Waals surface area contributed by atoms with Crippen LogP contribution < -0.4 is 5.73 Å². The Morgan fingerprint density at radius 1 is 0.714 bits per heavy atom. The summed E-state index contributed by atoms with van der Waals surface area (Å²) in [7, 11) is 9.12. The van der Waals surface area contributed by atoms with E-state index < -0.39 is 0 Å². The van der Waals surface area contributed by atoms with Crippen molar-refractivity contribution in [1.29, 1.82) is 0 Å². The van der Waals surface area contributed by atoms with Gasteiger partial charge < -0.3 is 5.73 Å². The minimum absolute atomic E-state index is 0.805. The molecule has 144 valence electrons. The highest BCUT2D eigenvalue weighted by atomic mass is 33.4. The number of thiophene rings is 1. The normalized spacial score (nSPS) is 9.86. The monoisotopic (exact) mass is 531 g/mol. The first-order valence-electron chi connectivity index (χ1n) is 7.76. The number of hydrogen-bond acceptors (Lipinski definition) is 4. The maximum atomic E-state index is 5.93. The molecule has 10 heteroatoms. The number of rotatable bonds is 1. The zero-order valence-electron chi connectivity index (χ0n) is 14.1. The molecule has 3 aromatic carbocycles. The van der Waals surface area contributed by atoms with E-state index >= 15 is 0 Å². The van der Waals surface area contributed by atoms with Crippen LogP contribution in [-0.4, -0.2) is 0 Å². The lowest BCUT2D eigenvalue weighted by molar-refractivity contribution is 1.65. The van der Waals surface area contributed by atoms with Crippen molar-refractivity contribution in [2.45, 2.75) is 0 Å². The first-order chi connectivity index (χ1) is 13.7. The van der Waals surface area contributed by atoms with Crippen molar-refractivity contribution >= 4 is 113 Å². The van der Waals surface area contributed by atoms with Gasteiger partial charge in [0.15, 0.2) is 0 Å². The molecule has 2 N–H and O–H groups in total. The van der Waals surface area contributed by atoms with E-state index in [1.54, 1.807) is 35.5 Å². The molecule has 28 heavy (non-hydrogen) atoms. The maximum absolute atomic E-state index is 5.93.